The smallest absolute Gasteiger partial charge is 0.226 e. The molecule has 1 aliphatic rings. The van der Waals surface area contributed by atoms with Gasteiger partial charge in [0.1, 0.15) is 11.5 Å². The minimum Gasteiger partial charge on any atom is -0.497 e. The molecule has 1 saturated heterocycles. The van der Waals surface area contributed by atoms with Crippen molar-refractivity contribution in [3.8, 4) is 11.5 Å². The molecule has 2 aromatic rings. The van der Waals surface area contributed by atoms with E-state index in [1.54, 1.807) is 26.0 Å². The van der Waals surface area contributed by atoms with Gasteiger partial charge in [0, 0.05) is 16.5 Å². The van der Waals surface area contributed by atoms with E-state index in [0.717, 1.165) is 23.3 Å². The second-order valence-electron chi connectivity index (χ2n) is 5.46. The molecule has 128 valence electrons. The average molecular weight is 346 g/mol. The Labute approximate surface area is 147 Å². The summed E-state index contributed by atoms with van der Waals surface area (Å²) in [4.78, 5) is 1.20. The van der Waals surface area contributed by atoms with Gasteiger partial charge in [0.25, 0.3) is 0 Å². The first-order valence-electron chi connectivity index (χ1n) is 7.88. The molecule has 3 rings (SSSR count). The third-order valence-electron chi connectivity index (χ3n) is 4.13. The normalized spacial score (nSPS) is 16.6. The van der Waals surface area contributed by atoms with Crippen molar-refractivity contribution >= 4 is 11.8 Å². The fourth-order valence-electron chi connectivity index (χ4n) is 2.89. The maximum atomic E-state index is 6.18. The highest BCUT2D eigenvalue weighted by molar-refractivity contribution is 7.98. The van der Waals surface area contributed by atoms with Crippen LogP contribution in [-0.2, 0) is 15.3 Å². The SMILES string of the molecule is COc1ccc(C2(c3ccc(SC)cc3)OCCCO2)c(OC)c1. The number of hydrogen-bond donors (Lipinski definition) is 0. The fraction of sp³-hybridized carbons (Fsp3) is 0.368. The Balaban J connectivity index is 2.12. The van der Waals surface area contributed by atoms with Gasteiger partial charge >= 0.3 is 0 Å². The summed E-state index contributed by atoms with van der Waals surface area (Å²) in [6, 6.07) is 14.0. The molecule has 0 amide bonds. The quantitative estimate of drug-likeness (QED) is 0.763. The molecule has 0 radical (unpaired) electrons. The van der Waals surface area contributed by atoms with Gasteiger partial charge in [0.2, 0.25) is 5.79 Å². The molecule has 24 heavy (non-hydrogen) atoms. The Kier molecular flexibility index (Phi) is 5.33. The van der Waals surface area contributed by atoms with Crippen molar-refractivity contribution in [2.45, 2.75) is 17.1 Å². The van der Waals surface area contributed by atoms with Crippen molar-refractivity contribution in [1.29, 1.82) is 0 Å². The Morgan fingerprint density at radius 3 is 2.25 bits per heavy atom. The molecule has 0 aliphatic carbocycles. The number of benzene rings is 2. The maximum absolute atomic E-state index is 6.18. The minimum atomic E-state index is -0.952. The molecule has 0 N–H and O–H groups in total. The Bertz CT molecular complexity index is 678. The van der Waals surface area contributed by atoms with E-state index in [9.17, 15) is 0 Å². The van der Waals surface area contributed by atoms with Crippen molar-refractivity contribution in [1.82, 2.24) is 0 Å². The van der Waals surface area contributed by atoms with Crippen molar-refractivity contribution < 1.29 is 18.9 Å². The van der Waals surface area contributed by atoms with E-state index in [0.29, 0.717) is 19.0 Å². The van der Waals surface area contributed by atoms with Gasteiger partial charge in [-0.3, -0.25) is 0 Å². The van der Waals surface area contributed by atoms with E-state index in [4.69, 9.17) is 18.9 Å². The largest absolute Gasteiger partial charge is 0.497 e. The Morgan fingerprint density at radius 1 is 0.958 bits per heavy atom. The zero-order valence-electron chi connectivity index (χ0n) is 14.2. The molecule has 5 heteroatoms. The summed E-state index contributed by atoms with van der Waals surface area (Å²) in [5.41, 5.74) is 1.81. The molecule has 1 heterocycles. The summed E-state index contributed by atoms with van der Waals surface area (Å²) in [7, 11) is 3.28. The summed E-state index contributed by atoms with van der Waals surface area (Å²) in [6.07, 6.45) is 2.94. The lowest BCUT2D eigenvalue weighted by Crippen LogP contribution is -2.39. The summed E-state index contributed by atoms with van der Waals surface area (Å²) in [5.74, 6) is 0.469. The predicted molar refractivity (Wildman–Crippen MR) is 95.1 cm³/mol. The van der Waals surface area contributed by atoms with Gasteiger partial charge < -0.3 is 18.9 Å². The number of thioether (sulfide) groups is 1. The molecular weight excluding hydrogens is 324 g/mol. The molecule has 0 aromatic heterocycles. The summed E-state index contributed by atoms with van der Waals surface area (Å²) in [6.45, 7) is 1.28. The van der Waals surface area contributed by atoms with E-state index in [2.05, 4.69) is 30.5 Å². The van der Waals surface area contributed by atoms with Crippen LogP contribution < -0.4 is 9.47 Å². The van der Waals surface area contributed by atoms with Gasteiger partial charge in [-0.2, -0.15) is 0 Å². The highest BCUT2D eigenvalue weighted by Gasteiger charge is 2.41. The van der Waals surface area contributed by atoms with E-state index in [1.807, 2.05) is 18.2 Å². The molecule has 1 fully saturated rings. The van der Waals surface area contributed by atoms with Gasteiger partial charge in [-0.1, -0.05) is 12.1 Å². The van der Waals surface area contributed by atoms with E-state index in [-0.39, 0.29) is 0 Å². The van der Waals surface area contributed by atoms with Crippen molar-refractivity contribution in [2.24, 2.45) is 0 Å². The second-order valence-corrected chi connectivity index (χ2v) is 6.34. The predicted octanol–water partition coefficient (Wildman–Crippen LogP) is 4.06. The van der Waals surface area contributed by atoms with Crippen LogP contribution in [0.15, 0.2) is 47.4 Å². The van der Waals surface area contributed by atoms with Crippen molar-refractivity contribution in [3.63, 3.8) is 0 Å². The molecule has 1 aliphatic heterocycles. The molecule has 0 spiro atoms. The summed E-state index contributed by atoms with van der Waals surface area (Å²) < 4.78 is 23.2. The minimum absolute atomic E-state index is 0.638. The van der Waals surface area contributed by atoms with Gasteiger partial charge in [-0.05, 0) is 36.9 Å². The highest BCUT2D eigenvalue weighted by atomic mass is 32.2. The molecule has 2 aromatic carbocycles. The van der Waals surface area contributed by atoms with Crippen LogP contribution in [0.1, 0.15) is 17.5 Å². The van der Waals surface area contributed by atoms with E-state index >= 15 is 0 Å². The lowest BCUT2D eigenvalue weighted by molar-refractivity contribution is -0.250. The number of rotatable bonds is 5. The zero-order valence-corrected chi connectivity index (χ0v) is 15.0. The molecule has 0 unspecified atom stereocenters. The Hall–Kier alpha value is -1.69. The first-order valence-corrected chi connectivity index (χ1v) is 9.11. The van der Waals surface area contributed by atoms with Gasteiger partial charge in [-0.25, -0.2) is 0 Å². The zero-order chi connectivity index (χ0) is 17.0. The molecule has 0 atom stereocenters. The number of hydrogen-bond acceptors (Lipinski definition) is 5. The monoisotopic (exact) mass is 346 g/mol. The highest BCUT2D eigenvalue weighted by Crippen LogP contribution is 2.43. The van der Waals surface area contributed by atoms with Crippen LogP contribution in [-0.4, -0.2) is 33.7 Å². The van der Waals surface area contributed by atoms with Crippen LogP contribution in [0.25, 0.3) is 0 Å². The van der Waals surface area contributed by atoms with Crippen LogP contribution in [0.3, 0.4) is 0 Å². The summed E-state index contributed by atoms with van der Waals surface area (Å²) in [5, 5.41) is 0. The lowest BCUT2D eigenvalue weighted by atomic mass is 9.95. The van der Waals surface area contributed by atoms with E-state index in [1.165, 1.54) is 4.90 Å². The molecule has 0 saturated carbocycles. The second kappa shape index (κ2) is 7.47. The third-order valence-corrected chi connectivity index (χ3v) is 4.88. The maximum Gasteiger partial charge on any atom is 0.226 e. The van der Waals surface area contributed by atoms with Crippen LogP contribution in [0.5, 0.6) is 11.5 Å². The van der Waals surface area contributed by atoms with E-state index < -0.39 is 5.79 Å². The van der Waals surface area contributed by atoms with Crippen molar-refractivity contribution in [3.05, 3.63) is 53.6 Å². The van der Waals surface area contributed by atoms with Gasteiger partial charge in [-0.15, -0.1) is 11.8 Å². The lowest BCUT2D eigenvalue weighted by Gasteiger charge is -2.38. The molecule has 0 bridgehead atoms. The fourth-order valence-corrected chi connectivity index (χ4v) is 3.30. The van der Waals surface area contributed by atoms with Gasteiger partial charge in [0.15, 0.2) is 0 Å². The average Bonchev–Trinajstić information content (AvgIpc) is 2.68. The summed E-state index contributed by atoms with van der Waals surface area (Å²) >= 11 is 1.71. The third kappa shape index (κ3) is 3.11. The Morgan fingerprint density at radius 2 is 1.67 bits per heavy atom. The first-order chi connectivity index (χ1) is 11.7. The number of ether oxygens (including phenoxy) is 4. The van der Waals surface area contributed by atoms with Crippen LogP contribution in [0, 0.1) is 0 Å². The molecular formula is C19H22O4S. The first kappa shape index (κ1) is 17.1. The standard InChI is InChI=1S/C19H22O4S/c1-20-15-7-10-17(18(13-15)21-2)19(22-11-4-12-23-19)14-5-8-16(24-3)9-6-14/h5-10,13H,4,11-12H2,1-3H3. The van der Waals surface area contributed by atoms with Crippen LogP contribution in [0.4, 0.5) is 0 Å². The van der Waals surface area contributed by atoms with Crippen LogP contribution >= 0.6 is 11.8 Å². The number of methoxy groups -OCH3 is 2. The topological polar surface area (TPSA) is 36.9 Å². The molecule has 4 nitrogen and oxygen atoms in total. The van der Waals surface area contributed by atoms with Crippen molar-refractivity contribution in [2.75, 3.05) is 33.7 Å². The van der Waals surface area contributed by atoms with Gasteiger partial charge in [0.05, 0.1) is 33.0 Å². The van der Waals surface area contributed by atoms with Crippen LogP contribution in [0.2, 0.25) is 0 Å².